The van der Waals surface area contributed by atoms with Gasteiger partial charge in [-0.15, -0.1) is 0 Å². The van der Waals surface area contributed by atoms with E-state index in [1.54, 1.807) is 31.2 Å². The molecule has 0 aliphatic heterocycles. The van der Waals surface area contributed by atoms with E-state index in [0.717, 1.165) is 0 Å². The molecule has 0 saturated heterocycles. The molecule has 2 rings (SSSR count). The summed E-state index contributed by atoms with van der Waals surface area (Å²) in [6, 6.07) is 11.1. The third-order valence-corrected chi connectivity index (χ3v) is 3.34. The summed E-state index contributed by atoms with van der Waals surface area (Å²) in [6.45, 7) is 1.57. The van der Waals surface area contributed by atoms with E-state index in [-0.39, 0.29) is 0 Å². The highest BCUT2D eigenvalue weighted by atomic mass is 16.3. The van der Waals surface area contributed by atoms with Crippen molar-refractivity contribution in [2.75, 3.05) is 0 Å². The number of nitrogens with zero attached hydrogens (tertiary/aromatic N) is 2. The Bertz CT molecular complexity index is 616. The van der Waals surface area contributed by atoms with Gasteiger partial charge in [-0.2, -0.15) is 10.5 Å². The fourth-order valence-corrected chi connectivity index (χ4v) is 1.81. The SMILES string of the molecule is C[C@@](O)(C#Cc1cccc(C#N)c1)C1(C#N)CC1. The van der Waals surface area contributed by atoms with Gasteiger partial charge in [0.25, 0.3) is 0 Å². The number of aliphatic hydroxyl groups is 1. The first kappa shape index (κ1) is 12.2. The zero-order valence-electron chi connectivity index (χ0n) is 10.1. The maximum atomic E-state index is 10.2. The van der Waals surface area contributed by atoms with Crippen molar-refractivity contribution in [3.63, 3.8) is 0 Å². The summed E-state index contributed by atoms with van der Waals surface area (Å²) < 4.78 is 0. The van der Waals surface area contributed by atoms with Crippen molar-refractivity contribution in [1.29, 1.82) is 10.5 Å². The molecule has 0 radical (unpaired) electrons. The molecule has 1 aliphatic carbocycles. The molecule has 0 aromatic heterocycles. The topological polar surface area (TPSA) is 67.8 Å². The molecule has 1 saturated carbocycles. The second-order valence-corrected chi connectivity index (χ2v) is 4.71. The van der Waals surface area contributed by atoms with Gasteiger partial charge in [-0.1, -0.05) is 17.9 Å². The highest BCUT2D eigenvalue weighted by molar-refractivity contribution is 5.43. The van der Waals surface area contributed by atoms with E-state index in [9.17, 15) is 5.11 Å². The molecule has 18 heavy (non-hydrogen) atoms. The van der Waals surface area contributed by atoms with Gasteiger partial charge < -0.3 is 5.11 Å². The fourth-order valence-electron chi connectivity index (χ4n) is 1.81. The Morgan fingerprint density at radius 3 is 2.50 bits per heavy atom. The molecule has 1 aromatic carbocycles. The first-order valence-corrected chi connectivity index (χ1v) is 5.70. The minimum Gasteiger partial charge on any atom is -0.376 e. The van der Waals surface area contributed by atoms with Crippen LogP contribution in [0.4, 0.5) is 0 Å². The second-order valence-electron chi connectivity index (χ2n) is 4.71. The molecule has 1 fully saturated rings. The Hall–Kier alpha value is -2.28. The van der Waals surface area contributed by atoms with E-state index in [4.69, 9.17) is 10.5 Å². The lowest BCUT2D eigenvalue weighted by Gasteiger charge is -2.21. The molecule has 0 spiro atoms. The Labute approximate surface area is 106 Å². The van der Waals surface area contributed by atoms with E-state index >= 15 is 0 Å². The van der Waals surface area contributed by atoms with Crippen LogP contribution in [0.1, 0.15) is 30.9 Å². The number of hydrogen-bond donors (Lipinski definition) is 1. The predicted molar refractivity (Wildman–Crippen MR) is 65.9 cm³/mol. The van der Waals surface area contributed by atoms with Crippen molar-refractivity contribution in [3.05, 3.63) is 35.4 Å². The van der Waals surface area contributed by atoms with Gasteiger partial charge in [-0.05, 0) is 38.0 Å². The summed E-state index contributed by atoms with van der Waals surface area (Å²) in [7, 11) is 0. The van der Waals surface area contributed by atoms with Gasteiger partial charge in [0.2, 0.25) is 0 Å². The van der Waals surface area contributed by atoms with Crippen LogP contribution in [0.2, 0.25) is 0 Å². The molecule has 88 valence electrons. The van der Waals surface area contributed by atoms with Crippen molar-refractivity contribution in [2.24, 2.45) is 5.41 Å². The molecule has 1 N–H and O–H groups in total. The van der Waals surface area contributed by atoms with Crippen LogP contribution < -0.4 is 0 Å². The van der Waals surface area contributed by atoms with Crippen LogP contribution in [0, 0.1) is 39.9 Å². The quantitative estimate of drug-likeness (QED) is 0.758. The molecule has 0 heterocycles. The molecule has 0 amide bonds. The summed E-state index contributed by atoms with van der Waals surface area (Å²) in [6.07, 6.45) is 1.37. The summed E-state index contributed by atoms with van der Waals surface area (Å²) in [4.78, 5) is 0. The number of benzene rings is 1. The van der Waals surface area contributed by atoms with Crippen molar-refractivity contribution >= 4 is 0 Å². The highest BCUT2D eigenvalue weighted by Crippen LogP contribution is 2.53. The van der Waals surface area contributed by atoms with Gasteiger partial charge in [0.15, 0.2) is 0 Å². The minimum absolute atomic E-state index is 0.530. The first-order valence-electron chi connectivity index (χ1n) is 5.70. The molecule has 0 bridgehead atoms. The van der Waals surface area contributed by atoms with E-state index in [2.05, 4.69) is 17.9 Å². The van der Waals surface area contributed by atoms with E-state index in [0.29, 0.717) is 24.0 Å². The lowest BCUT2D eigenvalue weighted by molar-refractivity contribution is 0.0682. The number of nitriles is 2. The Morgan fingerprint density at radius 1 is 1.28 bits per heavy atom. The van der Waals surface area contributed by atoms with Crippen LogP contribution in [-0.4, -0.2) is 10.7 Å². The normalized spacial score (nSPS) is 18.4. The van der Waals surface area contributed by atoms with Crippen LogP contribution in [-0.2, 0) is 0 Å². The molecular weight excluding hydrogens is 224 g/mol. The summed E-state index contributed by atoms with van der Waals surface area (Å²) in [5.74, 6) is 5.59. The number of hydrogen-bond acceptors (Lipinski definition) is 3. The average Bonchev–Trinajstić information content (AvgIpc) is 3.18. The van der Waals surface area contributed by atoms with Crippen LogP contribution >= 0.6 is 0 Å². The average molecular weight is 236 g/mol. The Balaban J connectivity index is 2.28. The second kappa shape index (κ2) is 4.19. The highest BCUT2D eigenvalue weighted by Gasteiger charge is 2.56. The molecule has 1 atom stereocenters. The standard InChI is InChI=1S/C15H12N2O/c1-14(18,15(11-17)7-8-15)6-5-12-3-2-4-13(9-12)10-16/h2-4,9,18H,7-8H2,1H3/t14-/m1/s1. The fraction of sp³-hybridized carbons (Fsp3) is 0.333. The monoisotopic (exact) mass is 236 g/mol. The predicted octanol–water partition coefficient (Wildman–Crippen LogP) is 1.96. The van der Waals surface area contributed by atoms with Gasteiger partial charge in [0.05, 0.1) is 23.1 Å². The molecule has 1 aromatic rings. The molecule has 3 heteroatoms. The van der Waals surface area contributed by atoms with Gasteiger partial charge >= 0.3 is 0 Å². The van der Waals surface area contributed by atoms with Gasteiger partial charge in [0.1, 0.15) is 5.60 Å². The lowest BCUT2D eigenvalue weighted by atomic mass is 9.87. The van der Waals surface area contributed by atoms with E-state index in [1.807, 2.05) is 6.07 Å². The zero-order valence-corrected chi connectivity index (χ0v) is 10.1. The summed E-state index contributed by atoms with van der Waals surface area (Å²) in [5, 5.41) is 28.1. The molecule has 3 nitrogen and oxygen atoms in total. The molecule has 0 unspecified atom stereocenters. The van der Waals surface area contributed by atoms with E-state index in [1.165, 1.54) is 0 Å². The molecule has 1 aliphatic rings. The molecular formula is C15H12N2O. The van der Waals surface area contributed by atoms with Crippen LogP contribution in [0.15, 0.2) is 24.3 Å². The van der Waals surface area contributed by atoms with Crippen molar-refractivity contribution in [3.8, 4) is 24.0 Å². The van der Waals surface area contributed by atoms with E-state index < -0.39 is 11.0 Å². The van der Waals surface area contributed by atoms with Crippen molar-refractivity contribution < 1.29 is 5.11 Å². The van der Waals surface area contributed by atoms with Gasteiger partial charge in [-0.25, -0.2) is 0 Å². The van der Waals surface area contributed by atoms with Crippen LogP contribution in [0.25, 0.3) is 0 Å². The Kier molecular flexibility index (Phi) is 2.84. The smallest absolute Gasteiger partial charge is 0.141 e. The lowest BCUT2D eigenvalue weighted by Crippen LogP contribution is -2.33. The van der Waals surface area contributed by atoms with Gasteiger partial charge in [-0.3, -0.25) is 0 Å². The summed E-state index contributed by atoms with van der Waals surface area (Å²) >= 11 is 0. The maximum absolute atomic E-state index is 10.2. The first-order chi connectivity index (χ1) is 8.53. The largest absolute Gasteiger partial charge is 0.376 e. The van der Waals surface area contributed by atoms with Crippen molar-refractivity contribution in [1.82, 2.24) is 0 Å². The van der Waals surface area contributed by atoms with Crippen molar-refractivity contribution in [2.45, 2.75) is 25.4 Å². The number of rotatable bonds is 1. The van der Waals surface area contributed by atoms with Gasteiger partial charge in [0, 0.05) is 5.56 Å². The third kappa shape index (κ3) is 2.07. The van der Waals surface area contributed by atoms with Crippen LogP contribution in [0.5, 0.6) is 0 Å². The minimum atomic E-state index is -1.30. The van der Waals surface area contributed by atoms with Crippen LogP contribution in [0.3, 0.4) is 0 Å². The summed E-state index contributed by atoms with van der Waals surface area (Å²) in [5.41, 5.74) is -0.817. The Morgan fingerprint density at radius 2 is 1.94 bits per heavy atom. The third-order valence-electron chi connectivity index (χ3n) is 3.34. The maximum Gasteiger partial charge on any atom is 0.141 e. The zero-order chi connectivity index (χ0) is 13.2.